The first-order valence-electron chi connectivity index (χ1n) is 7.39. The van der Waals surface area contributed by atoms with Gasteiger partial charge in [0.1, 0.15) is 5.82 Å². The van der Waals surface area contributed by atoms with Crippen molar-refractivity contribution in [3.05, 3.63) is 23.9 Å². The van der Waals surface area contributed by atoms with E-state index in [1.54, 1.807) is 7.05 Å². The molecule has 1 heterocycles. The molecule has 1 rings (SSSR count). The Morgan fingerprint density at radius 1 is 1.19 bits per heavy atom. The van der Waals surface area contributed by atoms with Crippen molar-refractivity contribution >= 4 is 35.8 Å². The van der Waals surface area contributed by atoms with Gasteiger partial charge in [-0.2, -0.15) is 0 Å². The van der Waals surface area contributed by atoms with E-state index < -0.39 is 0 Å². The number of aromatic nitrogens is 1. The molecule has 2 N–H and O–H groups in total. The van der Waals surface area contributed by atoms with Crippen LogP contribution >= 0.6 is 24.0 Å². The Kier molecular flexibility index (Phi) is 11.0. The molecule has 0 aromatic carbocycles. The van der Waals surface area contributed by atoms with Gasteiger partial charge in [-0.05, 0) is 31.9 Å². The molecular formula is C15H28IN5. The Labute approximate surface area is 145 Å². The summed E-state index contributed by atoms with van der Waals surface area (Å²) in [5.41, 5.74) is 1.15. The maximum Gasteiger partial charge on any atom is 0.191 e. The molecule has 0 fully saturated rings. The van der Waals surface area contributed by atoms with Crippen LogP contribution in [-0.2, 0) is 6.54 Å². The molecule has 1 aromatic heterocycles. The number of aliphatic imine (C=N–C) groups is 1. The van der Waals surface area contributed by atoms with Crippen molar-refractivity contribution in [3.63, 3.8) is 0 Å². The van der Waals surface area contributed by atoms with E-state index in [-0.39, 0.29) is 24.0 Å². The van der Waals surface area contributed by atoms with Gasteiger partial charge in [0.25, 0.3) is 0 Å². The lowest BCUT2D eigenvalue weighted by Gasteiger charge is -2.19. The molecule has 120 valence electrons. The Bertz CT molecular complexity index is 401. The molecule has 0 radical (unpaired) electrons. The SMILES string of the molecule is CCCNC(=NC)NCc1ccc(N(CC)CC)nc1.I. The van der Waals surface area contributed by atoms with Crippen LogP contribution in [0, 0.1) is 0 Å². The van der Waals surface area contributed by atoms with Crippen molar-refractivity contribution in [3.8, 4) is 0 Å². The van der Waals surface area contributed by atoms with Crippen LogP contribution in [-0.4, -0.2) is 37.6 Å². The molecule has 1 aromatic rings. The molecule has 0 saturated heterocycles. The van der Waals surface area contributed by atoms with E-state index in [0.29, 0.717) is 0 Å². The smallest absolute Gasteiger partial charge is 0.191 e. The fourth-order valence-corrected chi connectivity index (χ4v) is 1.91. The van der Waals surface area contributed by atoms with E-state index >= 15 is 0 Å². The standard InChI is InChI=1S/C15H27N5.HI/c1-5-10-17-15(16-4)19-12-13-8-9-14(18-11-13)20(6-2)7-3;/h8-9,11H,5-7,10,12H2,1-4H3,(H2,16,17,19);1H. The highest BCUT2D eigenvalue weighted by molar-refractivity contribution is 14.0. The van der Waals surface area contributed by atoms with Crippen molar-refractivity contribution < 1.29 is 0 Å². The van der Waals surface area contributed by atoms with Gasteiger partial charge in [0.15, 0.2) is 5.96 Å². The lowest BCUT2D eigenvalue weighted by molar-refractivity contribution is 0.779. The fourth-order valence-electron chi connectivity index (χ4n) is 1.91. The third-order valence-electron chi connectivity index (χ3n) is 3.12. The predicted molar refractivity (Wildman–Crippen MR) is 102 cm³/mol. The minimum Gasteiger partial charge on any atom is -0.357 e. The number of guanidine groups is 1. The zero-order valence-electron chi connectivity index (χ0n) is 13.5. The summed E-state index contributed by atoms with van der Waals surface area (Å²) in [6.07, 6.45) is 3.01. The summed E-state index contributed by atoms with van der Waals surface area (Å²) in [7, 11) is 1.78. The summed E-state index contributed by atoms with van der Waals surface area (Å²) in [5, 5.41) is 6.53. The lowest BCUT2D eigenvalue weighted by atomic mass is 10.2. The third kappa shape index (κ3) is 6.97. The van der Waals surface area contributed by atoms with Crippen LogP contribution in [0.2, 0.25) is 0 Å². The molecule has 0 spiro atoms. The van der Waals surface area contributed by atoms with Gasteiger partial charge in [0.2, 0.25) is 0 Å². The van der Waals surface area contributed by atoms with E-state index in [9.17, 15) is 0 Å². The van der Waals surface area contributed by atoms with Crippen molar-refractivity contribution in [1.82, 2.24) is 15.6 Å². The van der Waals surface area contributed by atoms with Crippen LogP contribution in [0.3, 0.4) is 0 Å². The average molecular weight is 405 g/mol. The van der Waals surface area contributed by atoms with Gasteiger partial charge in [0, 0.05) is 39.4 Å². The monoisotopic (exact) mass is 405 g/mol. The summed E-state index contributed by atoms with van der Waals surface area (Å²) in [6.45, 7) is 10.0. The Morgan fingerprint density at radius 3 is 2.38 bits per heavy atom. The van der Waals surface area contributed by atoms with Crippen LogP contribution < -0.4 is 15.5 Å². The van der Waals surface area contributed by atoms with E-state index in [2.05, 4.69) is 58.4 Å². The lowest BCUT2D eigenvalue weighted by Crippen LogP contribution is -2.37. The summed E-state index contributed by atoms with van der Waals surface area (Å²) in [5.74, 6) is 1.87. The summed E-state index contributed by atoms with van der Waals surface area (Å²) in [6, 6.07) is 4.19. The van der Waals surface area contributed by atoms with Crippen molar-refractivity contribution in [1.29, 1.82) is 0 Å². The first kappa shape index (κ1) is 19.9. The second-order valence-electron chi connectivity index (χ2n) is 4.55. The Morgan fingerprint density at radius 2 is 1.90 bits per heavy atom. The molecule has 0 aliphatic carbocycles. The van der Waals surface area contributed by atoms with Gasteiger partial charge < -0.3 is 15.5 Å². The summed E-state index contributed by atoms with van der Waals surface area (Å²) in [4.78, 5) is 10.9. The number of pyridine rings is 1. The van der Waals surface area contributed by atoms with Crippen LogP contribution in [0.15, 0.2) is 23.3 Å². The third-order valence-corrected chi connectivity index (χ3v) is 3.12. The zero-order valence-corrected chi connectivity index (χ0v) is 15.8. The number of halogens is 1. The van der Waals surface area contributed by atoms with Crippen molar-refractivity contribution in [2.75, 3.05) is 31.6 Å². The highest BCUT2D eigenvalue weighted by Crippen LogP contribution is 2.10. The quantitative estimate of drug-likeness (QED) is 0.416. The maximum atomic E-state index is 4.51. The van der Waals surface area contributed by atoms with Gasteiger partial charge in [-0.15, -0.1) is 24.0 Å². The highest BCUT2D eigenvalue weighted by Gasteiger charge is 2.03. The van der Waals surface area contributed by atoms with Gasteiger partial charge in [-0.1, -0.05) is 13.0 Å². The molecule has 5 nitrogen and oxygen atoms in total. The molecule has 21 heavy (non-hydrogen) atoms. The van der Waals surface area contributed by atoms with Gasteiger partial charge in [0.05, 0.1) is 0 Å². The fraction of sp³-hybridized carbons (Fsp3) is 0.600. The minimum absolute atomic E-state index is 0. The first-order chi connectivity index (χ1) is 9.74. The molecule has 0 aliphatic rings. The number of hydrogen-bond donors (Lipinski definition) is 2. The number of rotatable bonds is 7. The van der Waals surface area contributed by atoms with Crippen molar-refractivity contribution in [2.24, 2.45) is 4.99 Å². The topological polar surface area (TPSA) is 52.6 Å². The first-order valence-corrected chi connectivity index (χ1v) is 7.39. The largest absolute Gasteiger partial charge is 0.357 e. The van der Waals surface area contributed by atoms with Crippen LogP contribution in [0.4, 0.5) is 5.82 Å². The zero-order chi connectivity index (χ0) is 14.8. The van der Waals surface area contributed by atoms with E-state index in [1.165, 1.54) is 0 Å². The predicted octanol–water partition coefficient (Wildman–Crippen LogP) is 2.62. The summed E-state index contributed by atoms with van der Waals surface area (Å²) >= 11 is 0. The van der Waals surface area contributed by atoms with E-state index in [1.807, 2.05) is 6.20 Å². The number of nitrogens with zero attached hydrogens (tertiary/aromatic N) is 3. The van der Waals surface area contributed by atoms with E-state index in [0.717, 1.165) is 49.9 Å². The van der Waals surface area contributed by atoms with Crippen molar-refractivity contribution in [2.45, 2.75) is 33.7 Å². The highest BCUT2D eigenvalue weighted by atomic mass is 127. The average Bonchev–Trinajstić information content (AvgIpc) is 2.50. The summed E-state index contributed by atoms with van der Waals surface area (Å²) < 4.78 is 0. The molecule has 0 aliphatic heterocycles. The Balaban J connectivity index is 0.00000400. The van der Waals surface area contributed by atoms with Crippen LogP contribution in [0.5, 0.6) is 0 Å². The molecule has 0 saturated carbocycles. The van der Waals surface area contributed by atoms with Crippen LogP contribution in [0.25, 0.3) is 0 Å². The molecule has 0 atom stereocenters. The van der Waals surface area contributed by atoms with Gasteiger partial charge in [-0.3, -0.25) is 4.99 Å². The second-order valence-corrected chi connectivity index (χ2v) is 4.55. The number of hydrogen-bond acceptors (Lipinski definition) is 3. The maximum absolute atomic E-state index is 4.51. The van der Waals surface area contributed by atoms with Crippen LogP contribution in [0.1, 0.15) is 32.8 Å². The molecule has 0 bridgehead atoms. The van der Waals surface area contributed by atoms with Gasteiger partial charge >= 0.3 is 0 Å². The van der Waals surface area contributed by atoms with E-state index in [4.69, 9.17) is 0 Å². The number of anilines is 1. The minimum atomic E-state index is 0. The molecule has 0 unspecified atom stereocenters. The molecule has 6 heteroatoms. The number of nitrogens with one attached hydrogen (secondary N) is 2. The van der Waals surface area contributed by atoms with Gasteiger partial charge in [-0.25, -0.2) is 4.98 Å². The Hall–Kier alpha value is -1.05. The second kappa shape index (κ2) is 11.6. The normalized spacial score (nSPS) is 10.8. The molecule has 0 amide bonds. The molecular weight excluding hydrogens is 377 g/mol.